The zero-order valence-electron chi connectivity index (χ0n) is 19.3. The van der Waals surface area contributed by atoms with Gasteiger partial charge in [-0.3, -0.25) is 0 Å². The molecule has 0 radical (unpaired) electrons. The van der Waals surface area contributed by atoms with Crippen LogP contribution in [0, 0.1) is 0 Å². The molecule has 0 heterocycles. The Morgan fingerprint density at radius 3 is 1.41 bits per heavy atom. The molecule has 1 N–H and O–H groups in total. The first-order valence-corrected chi connectivity index (χ1v) is 12.0. The summed E-state index contributed by atoms with van der Waals surface area (Å²) < 4.78 is 9.90. The van der Waals surface area contributed by atoms with Crippen LogP contribution in [0.5, 0.6) is 0 Å². The van der Waals surface area contributed by atoms with Gasteiger partial charge in [0, 0.05) is 0 Å². The SMILES string of the molecule is CCCCCCCCCCCCCCCCCCOC(=O)[C@H](C)OC(=O)[C@@H](C)O. The second kappa shape index (κ2) is 20.2. The van der Waals surface area contributed by atoms with Crippen LogP contribution in [0.1, 0.15) is 124 Å². The van der Waals surface area contributed by atoms with E-state index >= 15 is 0 Å². The maximum absolute atomic E-state index is 11.7. The first-order chi connectivity index (χ1) is 14.0. The topological polar surface area (TPSA) is 72.8 Å². The first-order valence-electron chi connectivity index (χ1n) is 12.0. The maximum atomic E-state index is 11.7. The lowest BCUT2D eigenvalue weighted by atomic mass is 10.0. The Labute approximate surface area is 178 Å². The highest BCUT2D eigenvalue weighted by molar-refractivity contribution is 5.80. The Hall–Kier alpha value is -1.10. The number of aliphatic hydroxyl groups is 1. The number of carbonyl (C=O) groups excluding carboxylic acids is 2. The molecule has 0 saturated carbocycles. The molecule has 29 heavy (non-hydrogen) atoms. The predicted octanol–water partition coefficient (Wildman–Crippen LogP) is 6.10. The molecule has 172 valence electrons. The van der Waals surface area contributed by atoms with Crippen molar-refractivity contribution in [2.75, 3.05) is 6.61 Å². The van der Waals surface area contributed by atoms with Crippen molar-refractivity contribution >= 4 is 11.9 Å². The van der Waals surface area contributed by atoms with Gasteiger partial charge in [-0.05, 0) is 20.3 Å². The number of esters is 2. The highest BCUT2D eigenvalue weighted by Gasteiger charge is 2.21. The standard InChI is InChI=1S/C24H46O5/c1-4-5-6-7-8-9-10-11-12-13-14-15-16-17-18-19-20-28-24(27)22(3)29-23(26)21(2)25/h21-22,25H,4-20H2,1-3H3/t21-,22+/m1/s1. The zero-order chi connectivity index (χ0) is 21.7. The monoisotopic (exact) mass is 414 g/mol. The fourth-order valence-corrected chi connectivity index (χ4v) is 3.26. The van der Waals surface area contributed by atoms with E-state index in [-0.39, 0.29) is 0 Å². The molecule has 0 fully saturated rings. The normalized spacial score (nSPS) is 13.1. The van der Waals surface area contributed by atoms with Crippen LogP contribution < -0.4 is 0 Å². The van der Waals surface area contributed by atoms with Crippen molar-refractivity contribution in [3.8, 4) is 0 Å². The molecule has 0 aromatic heterocycles. The molecule has 0 rings (SSSR count). The Morgan fingerprint density at radius 1 is 0.655 bits per heavy atom. The summed E-state index contributed by atoms with van der Waals surface area (Å²) in [5.41, 5.74) is 0. The number of carbonyl (C=O) groups is 2. The number of hydrogen-bond acceptors (Lipinski definition) is 5. The minimum Gasteiger partial charge on any atom is -0.463 e. The Morgan fingerprint density at radius 2 is 1.03 bits per heavy atom. The third-order valence-corrected chi connectivity index (χ3v) is 5.21. The molecule has 0 aliphatic heterocycles. The summed E-state index contributed by atoms with van der Waals surface area (Å²) in [4.78, 5) is 22.9. The Balaban J connectivity index is 3.29. The van der Waals surface area contributed by atoms with Gasteiger partial charge in [-0.1, -0.05) is 103 Å². The van der Waals surface area contributed by atoms with Gasteiger partial charge in [-0.25, -0.2) is 9.59 Å². The van der Waals surface area contributed by atoms with Crippen LogP contribution in [-0.2, 0) is 19.1 Å². The third-order valence-electron chi connectivity index (χ3n) is 5.21. The van der Waals surface area contributed by atoms with Crippen LogP contribution in [0.2, 0.25) is 0 Å². The van der Waals surface area contributed by atoms with Crippen molar-refractivity contribution in [1.29, 1.82) is 0 Å². The summed E-state index contributed by atoms with van der Waals surface area (Å²) >= 11 is 0. The average molecular weight is 415 g/mol. The molecule has 0 spiro atoms. The molecule has 0 unspecified atom stereocenters. The smallest absolute Gasteiger partial charge is 0.347 e. The van der Waals surface area contributed by atoms with E-state index < -0.39 is 24.1 Å². The largest absolute Gasteiger partial charge is 0.463 e. The fourth-order valence-electron chi connectivity index (χ4n) is 3.26. The van der Waals surface area contributed by atoms with Crippen LogP contribution in [-0.4, -0.2) is 35.9 Å². The second-order valence-corrected chi connectivity index (χ2v) is 8.23. The maximum Gasteiger partial charge on any atom is 0.347 e. The lowest BCUT2D eigenvalue weighted by Crippen LogP contribution is -2.30. The zero-order valence-corrected chi connectivity index (χ0v) is 19.3. The van der Waals surface area contributed by atoms with Crippen LogP contribution in [0.15, 0.2) is 0 Å². The van der Waals surface area contributed by atoms with E-state index in [4.69, 9.17) is 14.6 Å². The van der Waals surface area contributed by atoms with Gasteiger partial charge in [0.1, 0.15) is 6.10 Å². The number of unbranched alkanes of at least 4 members (excludes halogenated alkanes) is 15. The third kappa shape index (κ3) is 18.7. The Kier molecular flexibility index (Phi) is 19.4. The van der Waals surface area contributed by atoms with Crippen molar-refractivity contribution in [2.45, 2.75) is 136 Å². The summed E-state index contributed by atoms with van der Waals surface area (Å²) in [5.74, 6) is -1.36. The molecular formula is C24H46O5. The minimum absolute atomic E-state index is 0.355. The Bertz CT molecular complexity index is 395. The summed E-state index contributed by atoms with van der Waals surface area (Å²) in [6, 6.07) is 0. The number of aliphatic hydroxyl groups excluding tert-OH is 1. The van der Waals surface area contributed by atoms with E-state index in [1.165, 1.54) is 104 Å². The molecule has 5 nitrogen and oxygen atoms in total. The molecule has 0 aliphatic rings. The van der Waals surface area contributed by atoms with Gasteiger partial charge in [-0.2, -0.15) is 0 Å². The first kappa shape index (κ1) is 27.9. The van der Waals surface area contributed by atoms with Crippen molar-refractivity contribution in [2.24, 2.45) is 0 Å². The molecule has 2 atom stereocenters. The number of ether oxygens (including phenoxy) is 2. The summed E-state index contributed by atoms with van der Waals surface area (Å²) in [7, 11) is 0. The molecule has 0 aromatic rings. The van der Waals surface area contributed by atoms with Crippen molar-refractivity contribution in [3.05, 3.63) is 0 Å². The number of rotatable bonds is 20. The van der Waals surface area contributed by atoms with Crippen LogP contribution in [0.25, 0.3) is 0 Å². The highest BCUT2D eigenvalue weighted by Crippen LogP contribution is 2.13. The van der Waals surface area contributed by atoms with Crippen molar-refractivity contribution in [3.63, 3.8) is 0 Å². The van der Waals surface area contributed by atoms with Gasteiger partial charge in [0.2, 0.25) is 0 Å². The lowest BCUT2D eigenvalue weighted by molar-refractivity contribution is -0.171. The molecular weight excluding hydrogens is 368 g/mol. The van der Waals surface area contributed by atoms with Crippen LogP contribution >= 0.6 is 0 Å². The predicted molar refractivity (Wildman–Crippen MR) is 118 cm³/mol. The second-order valence-electron chi connectivity index (χ2n) is 8.23. The van der Waals surface area contributed by atoms with Gasteiger partial charge < -0.3 is 14.6 Å². The molecule has 0 aromatic carbocycles. The van der Waals surface area contributed by atoms with Gasteiger partial charge in [0.15, 0.2) is 6.10 Å². The summed E-state index contributed by atoms with van der Waals surface area (Å²) in [5, 5.41) is 9.06. The lowest BCUT2D eigenvalue weighted by Gasteiger charge is -2.13. The van der Waals surface area contributed by atoms with E-state index in [9.17, 15) is 9.59 Å². The quantitative estimate of drug-likeness (QED) is 0.192. The van der Waals surface area contributed by atoms with Crippen LogP contribution in [0.4, 0.5) is 0 Å². The van der Waals surface area contributed by atoms with Gasteiger partial charge >= 0.3 is 11.9 Å². The highest BCUT2D eigenvalue weighted by atomic mass is 16.6. The van der Waals surface area contributed by atoms with Gasteiger partial charge in [-0.15, -0.1) is 0 Å². The van der Waals surface area contributed by atoms with Crippen molar-refractivity contribution in [1.82, 2.24) is 0 Å². The average Bonchev–Trinajstić information content (AvgIpc) is 2.69. The van der Waals surface area contributed by atoms with E-state index in [1.54, 1.807) is 0 Å². The van der Waals surface area contributed by atoms with Gasteiger partial charge in [0.05, 0.1) is 6.61 Å². The van der Waals surface area contributed by atoms with E-state index in [0.717, 1.165) is 12.8 Å². The van der Waals surface area contributed by atoms with E-state index in [0.29, 0.717) is 6.61 Å². The van der Waals surface area contributed by atoms with E-state index in [1.807, 2.05) is 0 Å². The fraction of sp³-hybridized carbons (Fsp3) is 0.917. The number of hydrogen-bond donors (Lipinski definition) is 1. The van der Waals surface area contributed by atoms with Gasteiger partial charge in [0.25, 0.3) is 0 Å². The summed E-state index contributed by atoms with van der Waals surface area (Å²) in [6.45, 7) is 5.38. The molecule has 0 amide bonds. The van der Waals surface area contributed by atoms with E-state index in [2.05, 4.69) is 6.92 Å². The van der Waals surface area contributed by atoms with Crippen molar-refractivity contribution < 1.29 is 24.2 Å². The van der Waals surface area contributed by atoms with Crippen LogP contribution in [0.3, 0.4) is 0 Å². The molecule has 0 aliphatic carbocycles. The molecule has 5 heteroatoms. The molecule has 0 saturated heterocycles. The minimum atomic E-state index is -1.23. The summed E-state index contributed by atoms with van der Waals surface area (Å²) in [6.07, 6.45) is 18.6. The molecule has 0 bridgehead atoms.